The predicted octanol–water partition coefficient (Wildman–Crippen LogP) is 4.17. The number of anilines is 2. The second-order valence-electron chi connectivity index (χ2n) is 7.83. The summed E-state index contributed by atoms with van der Waals surface area (Å²) in [5.74, 6) is 0.573. The fourth-order valence-electron chi connectivity index (χ4n) is 4.10. The van der Waals surface area contributed by atoms with Gasteiger partial charge in [0.25, 0.3) is 0 Å². The number of rotatable bonds is 4. The van der Waals surface area contributed by atoms with Crippen molar-refractivity contribution in [2.75, 3.05) is 18.9 Å². The van der Waals surface area contributed by atoms with E-state index in [4.69, 9.17) is 0 Å². The highest BCUT2D eigenvalue weighted by molar-refractivity contribution is 5.95. The van der Waals surface area contributed by atoms with Crippen molar-refractivity contribution in [3.63, 3.8) is 0 Å². The van der Waals surface area contributed by atoms with E-state index in [9.17, 15) is 4.39 Å². The number of hydrazone groups is 1. The molecule has 1 unspecified atom stereocenters. The number of imidazole rings is 1. The van der Waals surface area contributed by atoms with Crippen LogP contribution in [0.4, 0.5) is 15.9 Å². The summed E-state index contributed by atoms with van der Waals surface area (Å²) in [4.78, 5) is 9.13. The van der Waals surface area contributed by atoms with Gasteiger partial charge in [-0.3, -0.25) is 14.5 Å². The number of halogens is 1. The van der Waals surface area contributed by atoms with E-state index >= 15 is 0 Å². The van der Waals surface area contributed by atoms with Gasteiger partial charge in [-0.2, -0.15) is 10.2 Å². The zero-order valence-corrected chi connectivity index (χ0v) is 17.2. The first-order chi connectivity index (χ1) is 15.7. The molecule has 1 aliphatic heterocycles. The van der Waals surface area contributed by atoms with E-state index < -0.39 is 0 Å². The molecule has 3 aromatic heterocycles. The number of hydrogen-bond acceptors (Lipinski definition) is 6. The quantitative estimate of drug-likeness (QED) is 0.450. The average molecular weight is 426 g/mol. The SMILES string of the molecule is CN1CC(c2cnc3c(Nc4ccc5[nH]nc(-c6ccc(F)cc6)c5c4)nccn23)C=N1. The molecule has 0 amide bonds. The number of nitrogens with one attached hydrogen (secondary N) is 2. The molecule has 0 aliphatic carbocycles. The van der Waals surface area contributed by atoms with Gasteiger partial charge in [-0.1, -0.05) is 0 Å². The minimum atomic E-state index is -0.273. The molecule has 0 radical (unpaired) electrons. The van der Waals surface area contributed by atoms with Gasteiger partial charge in [-0.15, -0.1) is 0 Å². The van der Waals surface area contributed by atoms with Crippen LogP contribution >= 0.6 is 0 Å². The third-order valence-electron chi connectivity index (χ3n) is 5.68. The summed E-state index contributed by atoms with van der Waals surface area (Å²) >= 11 is 0. The number of likely N-dealkylation sites (N-methyl/N-ethyl adjacent to an activating group) is 1. The van der Waals surface area contributed by atoms with Gasteiger partial charge in [-0.05, 0) is 42.5 Å². The number of benzene rings is 2. The van der Waals surface area contributed by atoms with Crippen LogP contribution in [0.3, 0.4) is 0 Å². The Balaban J connectivity index is 1.37. The van der Waals surface area contributed by atoms with E-state index in [-0.39, 0.29) is 11.7 Å². The van der Waals surface area contributed by atoms with Crippen LogP contribution in [0.25, 0.3) is 27.8 Å². The second kappa shape index (κ2) is 7.16. The molecular weight excluding hydrogens is 407 g/mol. The molecule has 1 aliphatic rings. The molecular formula is C23H19FN8. The summed E-state index contributed by atoms with van der Waals surface area (Å²) in [5.41, 5.74) is 5.18. The summed E-state index contributed by atoms with van der Waals surface area (Å²) in [5, 5.41) is 18.0. The van der Waals surface area contributed by atoms with E-state index in [0.717, 1.165) is 45.7 Å². The monoisotopic (exact) mass is 426 g/mol. The summed E-state index contributed by atoms with van der Waals surface area (Å²) in [6.07, 6.45) is 7.50. The molecule has 32 heavy (non-hydrogen) atoms. The fourth-order valence-corrected chi connectivity index (χ4v) is 4.10. The van der Waals surface area contributed by atoms with Crippen LogP contribution < -0.4 is 5.32 Å². The molecule has 5 aromatic rings. The first kappa shape index (κ1) is 18.5. The minimum absolute atomic E-state index is 0.186. The van der Waals surface area contributed by atoms with Crippen molar-refractivity contribution in [3.05, 3.63) is 72.6 Å². The number of fused-ring (bicyclic) bond motifs is 2. The van der Waals surface area contributed by atoms with Gasteiger partial charge in [0.05, 0.1) is 29.0 Å². The molecule has 0 saturated heterocycles. The lowest BCUT2D eigenvalue weighted by Crippen LogP contribution is -2.13. The highest BCUT2D eigenvalue weighted by atomic mass is 19.1. The maximum absolute atomic E-state index is 13.3. The Morgan fingerprint density at radius 1 is 1.12 bits per heavy atom. The third kappa shape index (κ3) is 3.06. The summed E-state index contributed by atoms with van der Waals surface area (Å²) in [6.45, 7) is 0.822. The third-order valence-corrected chi connectivity index (χ3v) is 5.68. The maximum Gasteiger partial charge on any atom is 0.180 e. The lowest BCUT2D eigenvalue weighted by atomic mass is 10.1. The van der Waals surface area contributed by atoms with Crippen LogP contribution in [0.5, 0.6) is 0 Å². The lowest BCUT2D eigenvalue weighted by molar-refractivity contribution is 0.380. The minimum Gasteiger partial charge on any atom is -0.337 e. The van der Waals surface area contributed by atoms with Gasteiger partial charge in [0.2, 0.25) is 0 Å². The maximum atomic E-state index is 13.3. The molecule has 6 rings (SSSR count). The highest BCUT2D eigenvalue weighted by Gasteiger charge is 2.21. The molecule has 9 heteroatoms. The molecule has 1 atom stereocenters. The first-order valence-corrected chi connectivity index (χ1v) is 10.2. The van der Waals surface area contributed by atoms with Gasteiger partial charge >= 0.3 is 0 Å². The second-order valence-corrected chi connectivity index (χ2v) is 7.83. The van der Waals surface area contributed by atoms with Crippen LogP contribution in [0.2, 0.25) is 0 Å². The lowest BCUT2D eigenvalue weighted by Gasteiger charge is -2.11. The predicted molar refractivity (Wildman–Crippen MR) is 122 cm³/mol. The molecule has 2 N–H and O–H groups in total. The van der Waals surface area contributed by atoms with E-state index in [1.807, 2.05) is 53.3 Å². The van der Waals surface area contributed by atoms with Crippen molar-refractivity contribution < 1.29 is 4.39 Å². The van der Waals surface area contributed by atoms with Crippen molar-refractivity contribution in [1.29, 1.82) is 0 Å². The number of nitrogens with zero attached hydrogens (tertiary/aromatic N) is 6. The number of H-pyrrole nitrogens is 1. The smallest absolute Gasteiger partial charge is 0.180 e. The van der Waals surface area contributed by atoms with E-state index in [1.165, 1.54) is 12.1 Å². The Bertz CT molecular complexity index is 1470. The van der Waals surface area contributed by atoms with Crippen LogP contribution in [-0.4, -0.2) is 49.4 Å². The molecule has 4 heterocycles. The van der Waals surface area contributed by atoms with Crippen LogP contribution in [-0.2, 0) is 0 Å². The summed E-state index contributed by atoms with van der Waals surface area (Å²) < 4.78 is 15.4. The van der Waals surface area contributed by atoms with Crippen LogP contribution in [0.15, 0.2) is 66.2 Å². The zero-order chi connectivity index (χ0) is 21.7. The van der Waals surface area contributed by atoms with Crippen LogP contribution in [0.1, 0.15) is 11.6 Å². The Kier molecular flexibility index (Phi) is 4.14. The Morgan fingerprint density at radius 2 is 2.00 bits per heavy atom. The number of hydrogen-bond donors (Lipinski definition) is 2. The molecule has 0 fully saturated rings. The molecule has 0 spiro atoms. The standard InChI is InChI=1S/C23H19FN8/c1-31-13-15(11-27-31)20-12-26-23-22(25-8-9-32(20)23)28-17-6-7-19-18(10-17)21(30-29-19)14-2-4-16(24)5-3-14/h2-12,15H,13H2,1H3,(H,25,28)(H,29,30). The van der Waals surface area contributed by atoms with Crippen molar-refractivity contribution in [2.24, 2.45) is 5.10 Å². The number of aromatic amines is 1. The fraction of sp³-hybridized carbons (Fsp3) is 0.130. The first-order valence-electron chi connectivity index (χ1n) is 10.2. The van der Waals surface area contributed by atoms with E-state index in [1.54, 1.807) is 18.3 Å². The Morgan fingerprint density at radius 3 is 2.81 bits per heavy atom. The molecule has 0 saturated carbocycles. The molecule has 8 nitrogen and oxygen atoms in total. The highest BCUT2D eigenvalue weighted by Crippen LogP contribution is 2.30. The van der Waals surface area contributed by atoms with Gasteiger partial charge in [0.15, 0.2) is 11.5 Å². The van der Waals surface area contributed by atoms with Crippen molar-refractivity contribution >= 4 is 34.3 Å². The van der Waals surface area contributed by atoms with E-state index in [2.05, 4.69) is 30.6 Å². The van der Waals surface area contributed by atoms with Crippen LogP contribution in [0, 0.1) is 5.82 Å². The van der Waals surface area contributed by atoms with Crippen molar-refractivity contribution in [3.8, 4) is 11.3 Å². The molecule has 0 bridgehead atoms. The van der Waals surface area contributed by atoms with Gasteiger partial charge in [-0.25, -0.2) is 14.4 Å². The van der Waals surface area contributed by atoms with Gasteiger partial charge in [0.1, 0.15) is 5.82 Å². The topological polar surface area (TPSA) is 86.5 Å². The zero-order valence-electron chi connectivity index (χ0n) is 17.2. The molecule has 2 aromatic carbocycles. The van der Waals surface area contributed by atoms with Crippen molar-refractivity contribution in [2.45, 2.75) is 5.92 Å². The Hall–Kier alpha value is -4.27. The van der Waals surface area contributed by atoms with Gasteiger partial charge in [0, 0.05) is 48.8 Å². The Labute approximate surface area is 182 Å². The summed E-state index contributed by atoms with van der Waals surface area (Å²) in [7, 11) is 1.96. The van der Waals surface area contributed by atoms with E-state index in [0.29, 0.717) is 5.82 Å². The van der Waals surface area contributed by atoms with Gasteiger partial charge < -0.3 is 5.32 Å². The average Bonchev–Trinajstić information content (AvgIpc) is 3.52. The molecule has 158 valence electrons. The summed E-state index contributed by atoms with van der Waals surface area (Å²) in [6, 6.07) is 12.2. The largest absolute Gasteiger partial charge is 0.337 e. The normalized spacial score (nSPS) is 15.8. The number of aromatic nitrogens is 5. The van der Waals surface area contributed by atoms with Crippen molar-refractivity contribution in [1.82, 2.24) is 29.6 Å².